The Balaban J connectivity index is 2.33. The van der Waals surface area contributed by atoms with Gasteiger partial charge in [-0.1, -0.05) is 5.57 Å². The molecule has 0 amide bonds. The van der Waals surface area contributed by atoms with E-state index in [1.54, 1.807) is 0 Å². The Morgan fingerprint density at radius 3 is 2.91 bits per heavy atom. The monoisotopic (exact) mass is 150 g/mol. The molecule has 3 nitrogen and oxygen atoms in total. The third-order valence-electron chi connectivity index (χ3n) is 2.31. The molecular formula is C8H10N2O. The summed E-state index contributed by atoms with van der Waals surface area (Å²) in [5.41, 5.74) is 2.10. The van der Waals surface area contributed by atoms with Crippen molar-refractivity contribution in [2.45, 2.75) is 19.9 Å². The molecule has 0 aromatic rings. The summed E-state index contributed by atoms with van der Waals surface area (Å²) in [4.78, 5) is 11.3. The van der Waals surface area contributed by atoms with Gasteiger partial charge >= 0.3 is 0 Å². The lowest BCUT2D eigenvalue weighted by Gasteiger charge is -2.29. The molecule has 0 bridgehead atoms. The largest absolute Gasteiger partial charge is 0.292 e. The SMILES string of the molecule is CC(C)=C1C(=O)C2N=NCC12. The summed E-state index contributed by atoms with van der Waals surface area (Å²) in [7, 11) is 0. The summed E-state index contributed by atoms with van der Waals surface area (Å²) >= 11 is 0. The smallest absolute Gasteiger partial charge is 0.186 e. The van der Waals surface area contributed by atoms with Gasteiger partial charge in [0.05, 0.1) is 6.54 Å². The molecule has 0 radical (unpaired) electrons. The number of Topliss-reactive ketones (excluding diaryl/α,β-unsaturated/α-hetero) is 1. The van der Waals surface area contributed by atoms with Crippen molar-refractivity contribution in [2.24, 2.45) is 16.1 Å². The Morgan fingerprint density at radius 2 is 2.27 bits per heavy atom. The highest BCUT2D eigenvalue weighted by molar-refractivity contribution is 6.08. The highest BCUT2D eigenvalue weighted by Crippen LogP contribution is 2.38. The molecule has 1 aliphatic heterocycles. The molecule has 2 aliphatic rings. The van der Waals surface area contributed by atoms with E-state index < -0.39 is 0 Å². The fourth-order valence-corrected chi connectivity index (χ4v) is 1.75. The van der Waals surface area contributed by atoms with Crippen LogP contribution in [0.15, 0.2) is 21.4 Å². The number of carbonyl (C=O) groups is 1. The van der Waals surface area contributed by atoms with Gasteiger partial charge in [0.15, 0.2) is 5.78 Å². The van der Waals surface area contributed by atoms with E-state index in [0.29, 0.717) is 5.92 Å². The summed E-state index contributed by atoms with van der Waals surface area (Å²) in [6, 6.07) is -0.111. The van der Waals surface area contributed by atoms with Crippen LogP contribution in [0.4, 0.5) is 0 Å². The number of nitrogens with zero attached hydrogens (tertiary/aromatic N) is 2. The van der Waals surface area contributed by atoms with Gasteiger partial charge in [0.25, 0.3) is 0 Å². The summed E-state index contributed by atoms with van der Waals surface area (Å²) in [5.74, 6) is 0.517. The van der Waals surface area contributed by atoms with Crippen LogP contribution in [0, 0.1) is 5.92 Å². The highest BCUT2D eigenvalue weighted by atomic mass is 16.1. The van der Waals surface area contributed by atoms with E-state index in [4.69, 9.17) is 0 Å². The number of azo groups is 1. The molecule has 1 fully saturated rings. The maximum atomic E-state index is 11.3. The van der Waals surface area contributed by atoms with E-state index in [1.165, 1.54) is 0 Å². The third-order valence-corrected chi connectivity index (χ3v) is 2.31. The van der Waals surface area contributed by atoms with Crippen LogP contribution in [-0.4, -0.2) is 18.4 Å². The predicted molar refractivity (Wildman–Crippen MR) is 40.4 cm³/mol. The first-order chi connectivity index (χ1) is 5.22. The maximum absolute atomic E-state index is 11.3. The first kappa shape index (κ1) is 6.70. The Labute approximate surface area is 65.2 Å². The van der Waals surface area contributed by atoms with Crippen molar-refractivity contribution in [3.63, 3.8) is 0 Å². The molecule has 1 heterocycles. The molecule has 0 aromatic carbocycles. The minimum atomic E-state index is -0.111. The second-order valence-corrected chi connectivity index (χ2v) is 3.27. The van der Waals surface area contributed by atoms with Gasteiger partial charge < -0.3 is 0 Å². The lowest BCUT2D eigenvalue weighted by molar-refractivity contribution is -0.121. The number of ketones is 1. The van der Waals surface area contributed by atoms with Crippen molar-refractivity contribution in [1.82, 2.24) is 0 Å². The van der Waals surface area contributed by atoms with Crippen molar-refractivity contribution in [3.05, 3.63) is 11.1 Å². The molecule has 11 heavy (non-hydrogen) atoms. The minimum Gasteiger partial charge on any atom is -0.292 e. The van der Waals surface area contributed by atoms with Crippen LogP contribution in [0.2, 0.25) is 0 Å². The number of rotatable bonds is 0. The predicted octanol–water partition coefficient (Wildman–Crippen LogP) is 1.36. The summed E-state index contributed by atoms with van der Waals surface area (Å²) < 4.78 is 0. The maximum Gasteiger partial charge on any atom is 0.186 e. The average molecular weight is 150 g/mol. The topological polar surface area (TPSA) is 41.8 Å². The lowest BCUT2D eigenvalue weighted by atomic mass is 9.72. The molecule has 1 aliphatic carbocycles. The van der Waals surface area contributed by atoms with Crippen LogP contribution in [0.1, 0.15) is 13.8 Å². The molecule has 0 aromatic heterocycles. The van der Waals surface area contributed by atoms with Crippen LogP contribution >= 0.6 is 0 Å². The lowest BCUT2D eigenvalue weighted by Crippen LogP contribution is -2.43. The molecule has 0 spiro atoms. The van der Waals surface area contributed by atoms with Gasteiger partial charge in [-0.15, -0.1) is 0 Å². The Hall–Kier alpha value is -0.990. The summed E-state index contributed by atoms with van der Waals surface area (Å²) in [5, 5.41) is 7.72. The zero-order valence-corrected chi connectivity index (χ0v) is 6.66. The van der Waals surface area contributed by atoms with Gasteiger partial charge in [0.1, 0.15) is 6.04 Å². The van der Waals surface area contributed by atoms with Crippen LogP contribution in [0.3, 0.4) is 0 Å². The third kappa shape index (κ3) is 0.708. The van der Waals surface area contributed by atoms with Gasteiger partial charge in [-0.25, -0.2) is 0 Å². The Bertz CT molecular complexity index is 274. The first-order valence-corrected chi connectivity index (χ1v) is 3.80. The summed E-state index contributed by atoms with van der Waals surface area (Å²) in [6.07, 6.45) is 0. The van der Waals surface area contributed by atoms with E-state index in [2.05, 4.69) is 10.2 Å². The minimum absolute atomic E-state index is 0.111. The number of carbonyl (C=O) groups excluding carboxylic acids is 1. The van der Waals surface area contributed by atoms with Crippen molar-refractivity contribution in [2.75, 3.05) is 6.54 Å². The van der Waals surface area contributed by atoms with Gasteiger partial charge in [-0.05, 0) is 13.8 Å². The van der Waals surface area contributed by atoms with Crippen LogP contribution in [0.25, 0.3) is 0 Å². The highest BCUT2D eigenvalue weighted by Gasteiger charge is 2.48. The van der Waals surface area contributed by atoms with E-state index in [0.717, 1.165) is 17.7 Å². The van der Waals surface area contributed by atoms with Crippen molar-refractivity contribution in [1.29, 1.82) is 0 Å². The molecule has 3 heteroatoms. The molecule has 0 N–H and O–H groups in total. The molecule has 1 saturated carbocycles. The van der Waals surface area contributed by atoms with Gasteiger partial charge in [0.2, 0.25) is 0 Å². The van der Waals surface area contributed by atoms with Crippen LogP contribution in [0.5, 0.6) is 0 Å². The van der Waals surface area contributed by atoms with Gasteiger partial charge in [0, 0.05) is 11.5 Å². The molecule has 2 rings (SSSR count). The van der Waals surface area contributed by atoms with Crippen molar-refractivity contribution >= 4 is 5.78 Å². The molecule has 0 saturated heterocycles. The average Bonchev–Trinajstić information content (AvgIpc) is 2.30. The molecule has 58 valence electrons. The van der Waals surface area contributed by atoms with Gasteiger partial charge in [-0.2, -0.15) is 10.2 Å². The van der Waals surface area contributed by atoms with Crippen molar-refractivity contribution in [3.8, 4) is 0 Å². The second kappa shape index (κ2) is 2.00. The Morgan fingerprint density at radius 1 is 1.55 bits per heavy atom. The van der Waals surface area contributed by atoms with Crippen LogP contribution in [-0.2, 0) is 4.79 Å². The molecular weight excluding hydrogens is 140 g/mol. The number of allylic oxidation sites excluding steroid dienone is 1. The fourth-order valence-electron chi connectivity index (χ4n) is 1.75. The number of fused-ring (bicyclic) bond motifs is 1. The van der Waals surface area contributed by atoms with E-state index in [9.17, 15) is 4.79 Å². The van der Waals surface area contributed by atoms with E-state index in [1.807, 2.05) is 13.8 Å². The second-order valence-electron chi connectivity index (χ2n) is 3.27. The van der Waals surface area contributed by atoms with Crippen molar-refractivity contribution < 1.29 is 4.79 Å². The quantitative estimate of drug-likeness (QED) is 0.480. The van der Waals surface area contributed by atoms with E-state index >= 15 is 0 Å². The zero-order chi connectivity index (χ0) is 8.01. The van der Waals surface area contributed by atoms with Gasteiger partial charge in [-0.3, -0.25) is 4.79 Å². The Kier molecular flexibility index (Phi) is 1.22. The normalized spacial score (nSPS) is 33.6. The van der Waals surface area contributed by atoms with E-state index in [-0.39, 0.29) is 11.8 Å². The number of hydrogen-bond acceptors (Lipinski definition) is 3. The molecule has 2 atom stereocenters. The standard InChI is InChI=1S/C8H10N2O/c1-4(2)6-5-3-9-10-7(5)8(6)11/h5,7H,3H2,1-2H3. The first-order valence-electron chi connectivity index (χ1n) is 3.80. The fraction of sp³-hybridized carbons (Fsp3) is 0.625. The molecule has 2 unspecified atom stereocenters. The number of hydrogen-bond donors (Lipinski definition) is 0. The van der Waals surface area contributed by atoms with Crippen LogP contribution < -0.4 is 0 Å². The summed E-state index contributed by atoms with van der Waals surface area (Å²) in [6.45, 7) is 4.67. The zero-order valence-electron chi connectivity index (χ0n) is 6.66.